The Hall–Kier alpha value is -3.03. The Labute approximate surface area is 137 Å². The molecule has 124 valence electrons. The van der Waals surface area contributed by atoms with Gasteiger partial charge < -0.3 is 14.6 Å². The zero-order valence-corrected chi connectivity index (χ0v) is 13.1. The van der Waals surface area contributed by atoms with E-state index in [1.807, 2.05) is 6.07 Å². The van der Waals surface area contributed by atoms with Crippen LogP contribution in [0, 0.1) is 5.95 Å². The largest absolute Gasteiger partial charge is 0.461 e. The number of esters is 1. The molecule has 0 radical (unpaired) electrons. The zero-order valence-electron chi connectivity index (χ0n) is 13.1. The topological polar surface area (TPSA) is 81.9 Å². The predicted octanol–water partition coefficient (Wildman–Crippen LogP) is 2.25. The van der Waals surface area contributed by atoms with Gasteiger partial charge in [0, 0.05) is 19.3 Å². The summed E-state index contributed by atoms with van der Waals surface area (Å²) >= 11 is 0. The van der Waals surface area contributed by atoms with Crippen molar-refractivity contribution in [2.75, 3.05) is 18.5 Å². The fraction of sp³-hybridized carbons (Fsp3) is 0.250. The third-order valence-electron chi connectivity index (χ3n) is 3.31. The molecule has 0 unspecified atom stereocenters. The Kier molecular flexibility index (Phi) is 4.64. The highest BCUT2D eigenvalue weighted by Crippen LogP contribution is 2.15. The average Bonchev–Trinajstić information content (AvgIpc) is 3.04. The third-order valence-corrected chi connectivity index (χ3v) is 3.31. The molecule has 0 amide bonds. The number of hydrogen-bond acceptors (Lipinski definition) is 6. The van der Waals surface area contributed by atoms with Gasteiger partial charge in [-0.05, 0) is 19.1 Å². The molecule has 2 heterocycles. The van der Waals surface area contributed by atoms with Gasteiger partial charge in [0.25, 0.3) is 5.95 Å². The highest BCUT2D eigenvalue weighted by molar-refractivity contribution is 5.86. The van der Waals surface area contributed by atoms with Crippen LogP contribution in [-0.2, 0) is 11.3 Å². The van der Waals surface area contributed by atoms with Crippen molar-refractivity contribution >= 4 is 22.8 Å². The molecule has 0 saturated heterocycles. The monoisotopic (exact) mass is 329 g/mol. The minimum absolute atomic E-state index is 0.0967. The number of nitrogens with zero attached hydrogens (tertiary/aromatic N) is 4. The van der Waals surface area contributed by atoms with Gasteiger partial charge in [-0.25, -0.2) is 19.7 Å². The Morgan fingerprint density at radius 2 is 2.04 bits per heavy atom. The van der Waals surface area contributed by atoms with Gasteiger partial charge in [0.2, 0.25) is 0 Å². The highest BCUT2D eigenvalue weighted by atomic mass is 19.1. The highest BCUT2D eigenvalue weighted by Gasteiger charge is 2.10. The van der Waals surface area contributed by atoms with E-state index in [0.717, 1.165) is 0 Å². The molecule has 0 aliphatic carbocycles. The number of nitrogens with one attached hydrogen (secondary N) is 1. The summed E-state index contributed by atoms with van der Waals surface area (Å²) in [4.78, 5) is 23.6. The maximum Gasteiger partial charge on any atom is 0.358 e. The SMILES string of the molecule is CCOC(=O)c1cn(CCNc2nc3ccccc3nc2F)cn1. The van der Waals surface area contributed by atoms with Crippen molar-refractivity contribution in [3.05, 3.63) is 48.4 Å². The van der Waals surface area contributed by atoms with Crippen LogP contribution in [0.25, 0.3) is 11.0 Å². The maximum absolute atomic E-state index is 13.9. The van der Waals surface area contributed by atoms with Crippen LogP contribution >= 0.6 is 0 Å². The number of aromatic nitrogens is 4. The summed E-state index contributed by atoms with van der Waals surface area (Å²) in [6.45, 7) is 2.92. The van der Waals surface area contributed by atoms with Crippen LogP contribution in [0.1, 0.15) is 17.4 Å². The summed E-state index contributed by atoms with van der Waals surface area (Å²) in [7, 11) is 0. The number of imidazole rings is 1. The van der Waals surface area contributed by atoms with Gasteiger partial charge in [-0.15, -0.1) is 0 Å². The Morgan fingerprint density at radius 1 is 1.29 bits per heavy atom. The molecule has 0 saturated carbocycles. The van der Waals surface area contributed by atoms with Crippen LogP contribution in [0.4, 0.5) is 10.2 Å². The van der Waals surface area contributed by atoms with Crippen molar-refractivity contribution in [3.8, 4) is 0 Å². The van der Waals surface area contributed by atoms with Gasteiger partial charge >= 0.3 is 5.97 Å². The molecule has 0 aliphatic heterocycles. The summed E-state index contributed by atoms with van der Waals surface area (Å²) in [5.41, 5.74) is 1.37. The lowest BCUT2D eigenvalue weighted by atomic mass is 10.3. The molecule has 7 nitrogen and oxygen atoms in total. The van der Waals surface area contributed by atoms with E-state index in [0.29, 0.717) is 30.7 Å². The number of hydrogen-bond donors (Lipinski definition) is 1. The second-order valence-corrected chi connectivity index (χ2v) is 5.00. The number of carbonyl (C=O) groups excluding carboxylic acids is 1. The smallest absolute Gasteiger partial charge is 0.358 e. The summed E-state index contributed by atoms with van der Waals surface area (Å²) in [6, 6.07) is 7.08. The second-order valence-electron chi connectivity index (χ2n) is 5.00. The molecule has 2 aromatic heterocycles. The lowest BCUT2D eigenvalue weighted by molar-refractivity contribution is 0.0520. The van der Waals surface area contributed by atoms with Crippen LogP contribution in [0.15, 0.2) is 36.8 Å². The van der Waals surface area contributed by atoms with Crippen molar-refractivity contribution in [1.29, 1.82) is 0 Å². The van der Waals surface area contributed by atoms with Crippen LogP contribution in [0.5, 0.6) is 0 Å². The molecule has 0 spiro atoms. The van der Waals surface area contributed by atoms with Gasteiger partial charge in [0.1, 0.15) is 0 Å². The molecule has 24 heavy (non-hydrogen) atoms. The van der Waals surface area contributed by atoms with Gasteiger partial charge in [-0.3, -0.25) is 0 Å². The van der Waals surface area contributed by atoms with Crippen molar-refractivity contribution in [1.82, 2.24) is 19.5 Å². The van der Waals surface area contributed by atoms with E-state index in [1.54, 1.807) is 35.9 Å². The Bertz CT molecular complexity index is 865. The number of halogens is 1. The van der Waals surface area contributed by atoms with Crippen molar-refractivity contribution in [2.45, 2.75) is 13.5 Å². The van der Waals surface area contributed by atoms with Crippen molar-refractivity contribution < 1.29 is 13.9 Å². The van der Waals surface area contributed by atoms with E-state index in [1.165, 1.54) is 6.33 Å². The minimum atomic E-state index is -0.647. The fourth-order valence-corrected chi connectivity index (χ4v) is 2.19. The first kappa shape index (κ1) is 15.9. The van der Waals surface area contributed by atoms with Crippen molar-refractivity contribution in [3.63, 3.8) is 0 Å². The van der Waals surface area contributed by atoms with E-state index < -0.39 is 11.9 Å². The average molecular weight is 329 g/mol. The van der Waals surface area contributed by atoms with E-state index in [-0.39, 0.29) is 11.5 Å². The molecule has 1 N–H and O–H groups in total. The van der Waals surface area contributed by atoms with Gasteiger partial charge in [0.05, 0.1) is 24.0 Å². The van der Waals surface area contributed by atoms with E-state index in [9.17, 15) is 9.18 Å². The number of anilines is 1. The number of ether oxygens (including phenoxy) is 1. The molecular weight excluding hydrogens is 313 g/mol. The number of para-hydroxylation sites is 2. The van der Waals surface area contributed by atoms with E-state index in [2.05, 4.69) is 20.3 Å². The van der Waals surface area contributed by atoms with Gasteiger partial charge in [-0.1, -0.05) is 12.1 Å². The molecular formula is C16H16FN5O2. The maximum atomic E-state index is 13.9. The lowest BCUT2D eigenvalue weighted by Gasteiger charge is -2.07. The van der Waals surface area contributed by atoms with Crippen LogP contribution in [0.3, 0.4) is 0 Å². The normalized spacial score (nSPS) is 10.8. The van der Waals surface area contributed by atoms with Gasteiger partial charge in [-0.2, -0.15) is 4.39 Å². The fourth-order valence-electron chi connectivity index (χ4n) is 2.19. The molecule has 0 aliphatic rings. The first-order valence-corrected chi connectivity index (χ1v) is 7.52. The first-order chi connectivity index (χ1) is 11.7. The molecule has 0 bridgehead atoms. The quantitative estimate of drug-likeness (QED) is 0.699. The number of carbonyl (C=O) groups is 1. The van der Waals surface area contributed by atoms with Crippen LogP contribution < -0.4 is 5.32 Å². The molecule has 3 rings (SSSR count). The minimum Gasteiger partial charge on any atom is -0.461 e. The number of benzene rings is 1. The van der Waals surface area contributed by atoms with E-state index in [4.69, 9.17) is 4.74 Å². The number of rotatable bonds is 6. The molecule has 0 fully saturated rings. The molecule has 0 atom stereocenters. The third kappa shape index (κ3) is 3.48. The molecule has 3 aromatic rings. The van der Waals surface area contributed by atoms with Crippen molar-refractivity contribution in [2.24, 2.45) is 0 Å². The van der Waals surface area contributed by atoms with Gasteiger partial charge in [0.15, 0.2) is 11.5 Å². The molecule has 8 heteroatoms. The Morgan fingerprint density at radius 3 is 2.79 bits per heavy atom. The summed E-state index contributed by atoms with van der Waals surface area (Å²) in [5.74, 6) is -1.01. The van der Waals surface area contributed by atoms with Crippen LogP contribution in [-0.4, -0.2) is 38.6 Å². The standard InChI is InChI=1S/C16H16FN5O2/c1-2-24-16(23)13-9-22(10-19-13)8-7-18-15-14(17)20-11-5-3-4-6-12(11)21-15/h3-6,9-10H,2,7-8H2,1H3,(H,18,21). The summed E-state index contributed by atoms with van der Waals surface area (Å²) in [6.07, 6.45) is 3.11. The second kappa shape index (κ2) is 7.03. The first-order valence-electron chi connectivity index (χ1n) is 7.52. The Balaban J connectivity index is 1.62. The summed E-state index contributed by atoms with van der Waals surface area (Å²) < 4.78 is 20.5. The lowest BCUT2D eigenvalue weighted by Crippen LogP contribution is -2.12. The zero-order chi connectivity index (χ0) is 16.9. The number of fused-ring (bicyclic) bond motifs is 1. The van der Waals surface area contributed by atoms with Crippen LogP contribution in [0.2, 0.25) is 0 Å². The van der Waals surface area contributed by atoms with E-state index >= 15 is 0 Å². The predicted molar refractivity (Wildman–Crippen MR) is 86.2 cm³/mol. The summed E-state index contributed by atoms with van der Waals surface area (Å²) in [5, 5.41) is 2.90. The molecule has 1 aromatic carbocycles.